The molecule has 0 fully saturated rings. The van der Waals surface area contributed by atoms with Crippen molar-refractivity contribution in [1.29, 1.82) is 0 Å². The topological polar surface area (TPSA) is 64.9 Å². The first kappa shape index (κ1) is 9.54. The van der Waals surface area contributed by atoms with Crippen molar-refractivity contribution in [2.75, 3.05) is 5.75 Å². The van der Waals surface area contributed by atoms with Crippen LogP contribution in [0.15, 0.2) is 4.52 Å². The van der Waals surface area contributed by atoms with E-state index in [1.54, 1.807) is 11.8 Å². The number of hydrogen-bond donors (Lipinski definition) is 1. The second-order valence-corrected chi connectivity index (χ2v) is 3.76. The molecule has 0 saturated heterocycles. The molecule has 0 spiro atoms. The zero-order valence-electron chi connectivity index (χ0n) is 7.28. The number of rotatable bonds is 4. The molecular formula is C7H13N3OS. The van der Waals surface area contributed by atoms with E-state index >= 15 is 0 Å². The maximum absolute atomic E-state index is 5.57. The highest BCUT2D eigenvalue weighted by Crippen LogP contribution is 2.10. The standard InChI is InChI=1S/C7H13N3OS/c1-5(8)3-12-4-7-9-6(2)10-11-7/h5H,3-4,8H2,1-2H3. The third kappa shape index (κ3) is 3.23. The van der Waals surface area contributed by atoms with Gasteiger partial charge in [-0.05, 0) is 13.8 Å². The van der Waals surface area contributed by atoms with E-state index in [9.17, 15) is 0 Å². The Morgan fingerprint density at radius 1 is 1.67 bits per heavy atom. The van der Waals surface area contributed by atoms with Gasteiger partial charge in [-0.25, -0.2) is 0 Å². The molecule has 0 aliphatic rings. The normalized spacial score (nSPS) is 13.2. The quantitative estimate of drug-likeness (QED) is 0.760. The zero-order valence-corrected chi connectivity index (χ0v) is 8.10. The van der Waals surface area contributed by atoms with Crippen molar-refractivity contribution in [3.63, 3.8) is 0 Å². The van der Waals surface area contributed by atoms with Crippen LogP contribution >= 0.6 is 11.8 Å². The van der Waals surface area contributed by atoms with E-state index in [-0.39, 0.29) is 6.04 Å². The molecule has 0 radical (unpaired) electrons. The lowest BCUT2D eigenvalue weighted by Gasteiger charge is -2.00. The Balaban J connectivity index is 2.24. The summed E-state index contributed by atoms with van der Waals surface area (Å²) in [4.78, 5) is 4.07. The van der Waals surface area contributed by atoms with E-state index in [4.69, 9.17) is 10.3 Å². The van der Waals surface area contributed by atoms with Gasteiger partial charge in [0.15, 0.2) is 5.82 Å². The van der Waals surface area contributed by atoms with Crippen LogP contribution in [0.3, 0.4) is 0 Å². The van der Waals surface area contributed by atoms with E-state index in [2.05, 4.69) is 10.1 Å². The van der Waals surface area contributed by atoms with Gasteiger partial charge in [-0.15, -0.1) is 0 Å². The van der Waals surface area contributed by atoms with Crippen molar-refractivity contribution in [3.05, 3.63) is 11.7 Å². The lowest BCUT2D eigenvalue weighted by atomic mass is 10.4. The fourth-order valence-corrected chi connectivity index (χ4v) is 1.51. The van der Waals surface area contributed by atoms with E-state index in [1.165, 1.54) is 0 Å². The highest BCUT2D eigenvalue weighted by molar-refractivity contribution is 7.98. The summed E-state index contributed by atoms with van der Waals surface area (Å²) in [6.07, 6.45) is 0. The molecule has 0 aromatic carbocycles. The molecule has 0 aliphatic carbocycles. The Hall–Kier alpha value is -0.550. The summed E-state index contributed by atoms with van der Waals surface area (Å²) < 4.78 is 4.92. The fraction of sp³-hybridized carbons (Fsp3) is 0.714. The number of nitrogens with zero attached hydrogens (tertiary/aromatic N) is 2. The van der Waals surface area contributed by atoms with Crippen LogP contribution in [0.5, 0.6) is 0 Å². The third-order valence-corrected chi connectivity index (χ3v) is 2.39. The minimum atomic E-state index is 0.221. The maximum atomic E-state index is 5.57. The van der Waals surface area contributed by atoms with Gasteiger partial charge in [0.25, 0.3) is 0 Å². The summed E-state index contributed by atoms with van der Waals surface area (Å²) in [7, 11) is 0. The third-order valence-electron chi connectivity index (χ3n) is 1.18. The molecule has 0 bridgehead atoms. The van der Waals surface area contributed by atoms with E-state index in [1.807, 2.05) is 13.8 Å². The van der Waals surface area contributed by atoms with Gasteiger partial charge in [0, 0.05) is 11.8 Å². The molecule has 12 heavy (non-hydrogen) atoms. The van der Waals surface area contributed by atoms with E-state index in [0.29, 0.717) is 11.7 Å². The van der Waals surface area contributed by atoms with E-state index in [0.717, 1.165) is 11.5 Å². The first-order valence-corrected chi connectivity index (χ1v) is 4.96. The lowest BCUT2D eigenvalue weighted by Crippen LogP contribution is -2.17. The van der Waals surface area contributed by atoms with Crippen molar-refractivity contribution in [2.24, 2.45) is 5.73 Å². The van der Waals surface area contributed by atoms with Gasteiger partial charge in [-0.3, -0.25) is 0 Å². The summed E-state index contributed by atoms with van der Waals surface area (Å²) >= 11 is 1.71. The minimum absolute atomic E-state index is 0.221. The van der Waals surface area contributed by atoms with Gasteiger partial charge in [0.1, 0.15) is 0 Å². The number of aryl methyl sites for hydroxylation is 1. The monoisotopic (exact) mass is 187 g/mol. The van der Waals surface area contributed by atoms with Gasteiger partial charge in [0.05, 0.1) is 5.75 Å². The van der Waals surface area contributed by atoms with Crippen molar-refractivity contribution in [1.82, 2.24) is 10.1 Å². The van der Waals surface area contributed by atoms with Gasteiger partial charge in [-0.2, -0.15) is 16.7 Å². The van der Waals surface area contributed by atoms with Gasteiger partial charge >= 0.3 is 0 Å². The van der Waals surface area contributed by atoms with Gasteiger partial charge in [-0.1, -0.05) is 5.16 Å². The van der Waals surface area contributed by atoms with Crippen molar-refractivity contribution in [2.45, 2.75) is 25.6 Å². The molecule has 1 aromatic heterocycles. The largest absolute Gasteiger partial charge is 0.338 e. The van der Waals surface area contributed by atoms with Crippen LogP contribution in [0.2, 0.25) is 0 Å². The van der Waals surface area contributed by atoms with Crippen molar-refractivity contribution < 1.29 is 4.52 Å². The number of hydrogen-bond acceptors (Lipinski definition) is 5. The molecule has 0 saturated carbocycles. The number of aromatic nitrogens is 2. The van der Waals surface area contributed by atoms with Crippen LogP contribution in [-0.2, 0) is 5.75 Å². The zero-order chi connectivity index (χ0) is 8.97. The molecule has 5 heteroatoms. The Morgan fingerprint density at radius 3 is 2.92 bits per heavy atom. The minimum Gasteiger partial charge on any atom is -0.338 e. The van der Waals surface area contributed by atoms with Crippen LogP contribution in [-0.4, -0.2) is 21.9 Å². The summed E-state index contributed by atoms with van der Waals surface area (Å²) in [5.41, 5.74) is 5.57. The van der Waals surface area contributed by atoms with Crippen molar-refractivity contribution in [3.8, 4) is 0 Å². The second-order valence-electron chi connectivity index (χ2n) is 2.73. The molecule has 1 aromatic rings. The molecule has 2 N–H and O–H groups in total. The fourth-order valence-electron chi connectivity index (χ4n) is 0.731. The van der Waals surface area contributed by atoms with Crippen LogP contribution in [0.1, 0.15) is 18.6 Å². The molecular weight excluding hydrogens is 174 g/mol. The van der Waals surface area contributed by atoms with Crippen LogP contribution in [0.4, 0.5) is 0 Å². The lowest BCUT2D eigenvalue weighted by molar-refractivity contribution is 0.387. The predicted octanol–water partition coefficient (Wildman–Crippen LogP) is 0.958. The summed E-state index contributed by atoms with van der Waals surface area (Å²) in [6, 6.07) is 0.221. The van der Waals surface area contributed by atoms with Crippen LogP contribution in [0.25, 0.3) is 0 Å². The average Bonchev–Trinajstić information content (AvgIpc) is 2.35. The molecule has 1 heterocycles. The first-order valence-electron chi connectivity index (χ1n) is 3.81. The molecule has 1 atom stereocenters. The highest BCUT2D eigenvalue weighted by atomic mass is 32.2. The molecule has 1 rings (SSSR count). The molecule has 1 unspecified atom stereocenters. The number of thioether (sulfide) groups is 1. The van der Waals surface area contributed by atoms with E-state index < -0.39 is 0 Å². The molecule has 0 aliphatic heterocycles. The Kier molecular flexibility index (Phi) is 3.55. The van der Waals surface area contributed by atoms with Crippen LogP contribution in [0, 0.1) is 6.92 Å². The second kappa shape index (κ2) is 4.47. The Labute approximate surface area is 75.9 Å². The Bertz CT molecular complexity index is 236. The van der Waals surface area contributed by atoms with Crippen molar-refractivity contribution >= 4 is 11.8 Å². The highest BCUT2D eigenvalue weighted by Gasteiger charge is 2.02. The van der Waals surface area contributed by atoms with Gasteiger partial charge in [0.2, 0.25) is 5.89 Å². The van der Waals surface area contributed by atoms with Gasteiger partial charge < -0.3 is 10.3 Å². The number of nitrogens with two attached hydrogens (primary N) is 1. The first-order chi connectivity index (χ1) is 5.68. The molecule has 0 amide bonds. The van der Waals surface area contributed by atoms with Crippen LogP contribution < -0.4 is 5.73 Å². The SMILES string of the molecule is Cc1noc(CSCC(C)N)n1. The summed E-state index contributed by atoms with van der Waals surface area (Å²) in [5.74, 6) is 3.04. The molecule has 68 valence electrons. The maximum Gasteiger partial charge on any atom is 0.236 e. The summed E-state index contributed by atoms with van der Waals surface area (Å²) in [5, 5.41) is 3.68. The predicted molar refractivity (Wildman–Crippen MR) is 48.8 cm³/mol. The smallest absolute Gasteiger partial charge is 0.236 e. The summed E-state index contributed by atoms with van der Waals surface area (Å²) in [6.45, 7) is 3.79. The molecule has 4 nitrogen and oxygen atoms in total. The Morgan fingerprint density at radius 2 is 2.42 bits per heavy atom. The average molecular weight is 187 g/mol.